The highest BCUT2D eigenvalue weighted by atomic mass is 16.7. The Labute approximate surface area is 246 Å². The van der Waals surface area contributed by atoms with Gasteiger partial charge in [0.15, 0.2) is 6.29 Å². The Morgan fingerprint density at radius 1 is 1.02 bits per heavy atom. The first-order valence-corrected chi connectivity index (χ1v) is 16.3. The summed E-state index contributed by atoms with van der Waals surface area (Å²) in [6.45, 7) is 12.6. The number of fused-ring (bicyclic) bond motifs is 5. The Morgan fingerprint density at radius 3 is 2.41 bits per heavy atom. The molecule has 16 atom stereocenters. The van der Waals surface area contributed by atoms with Crippen LogP contribution in [0.15, 0.2) is 11.6 Å². The van der Waals surface area contributed by atoms with Crippen molar-refractivity contribution in [2.45, 2.75) is 148 Å². The minimum absolute atomic E-state index is 0.0910. The number of hydrogen-bond donors (Lipinski definition) is 6. The van der Waals surface area contributed by atoms with E-state index in [0.717, 1.165) is 32.1 Å². The van der Waals surface area contributed by atoms with Crippen LogP contribution in [-0.4, -0.2) is 85.8 Å². The average molecular weight is 581 g/mol. The SMILES string of the molecule is CC(C)CC[C@H](O)[C@@H](C)[C@@H]1[C@@H](O[C@@H]2O[C@@H](C)[C@H](O)[C@@H](O)[C@H]2O)C[C@H]2[C@@H]3CC=C4C[C@@H](O)CC[C@]4(C)[C@H]3[C@H](O)C[C@]12C. The van der Waals surface area contributed by atoms with Gasteiger partial charge in [0, 0.05) is 0 Å². The second-order valence-corrected chi connectivity index (χ2v) is 15.4. The number of aliphatic hydroxyl groups is 6. The molecule has 0 bridgehead atoms. The Morgan fingerprint density at radius 2 is 1.73 bits per heavy atom. The standard InChI is InChI=1S/C33H56O8/c1-16(2)7-10-23(35)17(3)26-25(41-31-30(39)29(38)28(37)18(4)40-31)14-22-21-9-8-19-13-20(34)11-12-32(19,5)27(21)24(36)15-33(22,26)6/h8,16-18,20-31,34-39H,7,9-15H2,1-6H3/t17-,18+,20+,21+,22+,23+,24-,25+,26-,27-,28+,29-,30-,31+,32+,33+/m1/s1. The first kappa shape index (κ1) is 31.8. The lowest BCUT2D eigenvalue weighted by molar-refractivity contribution is -0.309. The third kappa shape index (κ3) is 5.47. The van der Waals surface area contributed by atoms with Crippen LogP contribution in [-0.2, 0) is 9.47 Å². The molecule has 4 aliphatic carbocycles. The minimum Gasteiger partial charge on any atom is -0.393 e. The van der Waals surface area contributed by atoms with Gasteiger partial charge in [0.1, 0.15) is 18.3 Å². The summed E-state index contributed by atoms with van der Waals surface area (Å²) < 4.78 is 12.5. The predicted molar refractivity (Wildman–Crippen MR) is 154 cm³/mol. The maximum Gasteiger partial charge on any atom is 0.186 e. The van der Waals surface area contributed by atoms with Crippen molar-refractivity contribution < 1.29 is 40.1 Å². The zero-order valence-corrected chi connectivity index (χ0v) is 25.9. The van der Waals surface area contributed by atoms with Crippen LogP contribution in [0.2, 0.25) is 0 Å². The summed E-state index contributed by atoms with van der Waals surface area (Å²) in [4.78, 5) is 0. The molecule has 0 aromatic rings. The van der Waals surface area contributed by atoms with E-state index in [4.69, 9.17) is 9.47 Å². The normalized spacial score (nSPS) is 51.4. The monoisotopic (exact) mass is 580 g/mol. The zero-order chi connectivity index (χ0) is 30.0. The Bertz CT molecular complexity index is 956. The molecule has 5 rings (SSSR count). The molecule has 4 fully saturated rings. The molecule has 5 aliphatic rings. The lowest BCUT2D eigenvalue weighted by Crippen LogP contribution is -2.58. The minimum atomic E-state index is -1.38. The van der Waals surface area contributed by atoms with Gasteiger partial charge in [-0.05, 0) is 105 Å². The lowest BCUT2D eigenvalue weighted by atomic mass is 9.46. The maximum absolute atomic E-state index is 11.9. The third-order valence-electron chi connectivity index (χ3n) is 12.4. The maximum atomic E-state index is 11.9. The fraction of sp³-hybridized carbons (Fsp3) is 0.939. The number of ether oxygens (including phenoxy) is 2. The predicted octanol–water partition coefficient (Wildman–Crippen LogP) is 3.15. The summed E-state index contributed by atoms with van der Waals surface area (Å²) in [5, 5.41) is 65.3. The van der Waals surface area contributed by atoms with Crippen molar-refractivity contribution in [1.29, 1.82) is 0 Å². The van der Waals surface area contributed by atoms with Crippen LogP contribution in [0.5, 0.6) is 0 Å². The summed E-state index contributed by atoms with van der Waals surface area (Å²) in [7, 11) is 0. The lowest BCUT2D eigenvalue weighted by Gasteiger charge is -2.60. The van der Waals surface area contributed by atoms with E-state index in [9.17, 15) is 30.6 Å². The molecule has 0 radical (unpaired) electrons. The number of hydrogen-bond acceptors (Lipinski definition) is 8. The second-order valence-electron chi connectivity index (χ2n) is 15.4. The van der Waals surface area contributed by atoms with Crippen LogP contribution in [0.3, 0.4) is 0 Å². The molecule has 0 unspecified atom stereocenters. The molecule has 1 aliphatic heterocycles. The molecule has 8 nitrogen and oxygen atoms in total. The summed E-state index contributed by atoms with van der Waals surface area (Å²) in [6.07, 6.45) is 1.01. The van der Waals surface area contributed by atoms with Crippen LogP contribution < -0.4 is 0 Å². The molecule has 236 valence electrons. The molecule has 0 aromatic carbocycles. The molecule has 0 spiro atoms. The third-order valence-corrected chi connectivity index (χ3v) is 12.4. The van der Waals surface area contributed by atoms with Crippen molar-refractivity contribution in [3.8, 4) is 0 Å². The van der Waals surface area contributed by atoms with Gasteiger partial charge >= 0.3 is 0 Å². The first-order valence-electron chi connectivity index (χ1n) is 16.3. The molecule has 3 saturated carbocycles. The van der Waals surface area contributed by atoms with Gasteiger partial charge < -0.3 is 40.1 Å². The molecule has 1 heterocycles. The molecule has 0 amide bonds. The number of rotatable bonds is 7. The van der Waals surface area contributed by atoms with Gasteiger partial charge in [-0.3, -0.25) is 0 Å². The van der Waals surface area contributed by atoms with E-state index < -0.39 is 42.9 Å². The highest BCUT2D eigenvalue weighted by Crippen LogP contribution is 2.68. The topological polar surface area (TPSA) is 140 Å². The summed E-state index contributed by atoms with van der Waals surface area (Å²) in [6, 6.07) is 0. The highest BCUT2D eigenvalue weighted by molar-refractivity contribution is 5.27. The highest BCUT2D eigenvalue weighted by Gasteiger charge is 2.65. The van der Waals surface area contributed by atoms with Crippen LogP contribution in [0.1, 0.15) is 92.9 Å². The zero-order valence-electron chi connectivity index (χ0n) is 25.9. The number of allylic oxidation sites excluding steroid dienone is 1. The Kier molecular flexibility index (Phi) is 9.11. The fourth-order valence-corrected chi connectivity index (χ4v) is 10.2. The molecule has 6 N–H and O–H groups in total. The molecule has 8 heteroatoms. The summed E-state index contributed by atoms with van der Waals surface area (Å²) >= 11 is 0. The Balaban J connectivity index is 1.47. The van der Waals surface area contributed by atoms with Crippen molar-refractivity contribution in [3.63, 3.8) is 0 Å². The van der Waals surface area contributed by atoms with Crippen LogP contribution in [0.25, 0.3) is 0 Å². The van der Waals surface area contributed by atoms with E-state index in [1.54, 1.807) is 6.92 Å². The number of aliphatic hydroxyl groups excluding tert-OH is 6. The molecule has 1 saturated heterocycles. The first-order chi connectivity index (χ1) is 19.2. The van der Waals surface area contributed by atoms with E-state index in [-0.39, 0.29) is 52.6 Å². The van der Waals surface area contributed by atoms with Gasteiger partial charge in [-0.15, -0.1) is 0 Å². The van der Waals surface area contributed by atoms with E-state index >= 15 is 0 Å². The summed E-state index contributed by atoms with van der Waals surface area (Å²) in [5.74, 6) is 0.856. The molecule has 0 aromatic heterocycles. The van der Waals surface area contributed by atoms with Crippen molar-refractivity contribution in [2.75, 3.05) is 0 Å². The fourth-order valence-electron chi connectivity index (χ4n) is 10.2. The molecular weight excluding hydrogens is 524 g/mol. The van der Waals surface area contributed by atoms with E-state index in [0.29, 0.717) is 25.2 Å². The summed E-state index contributed by atoms with van der Waals surface area (Å²) in [5.41, 5.74) is 0.848. The smallest absolute Gasteiger partial charge is 0.186 e. The molecule has 41 heavy (non-hydrogen) atoms. The molecular formula is C33H56O8. The van der Waals surface area contributed by atoms with E-state index in [2.05, 4.69) is 40.7 Å². The van der Waals surface area contributed by atoms with Gasteiger partial charge in [-0.1, -0.05) is 46.3 Å². The van der Waals surface area contributed by atoms with Gasteiger partial charge in [0.05, 0.1) is 30.5 Å². The van der Waals surface area contributed by atoms with Gasteiger partial charge in [-0.2, -0.15) is 0 Å². The van der Waals surface area contributed by atoms with Crippen LogP contribution in [0.4, 0.5) is 0 Å². The van der Waals surface area contributed by atoms with Gasteiger partial charge in [0.2, 0.25) is 0 Å². The van der Waals surface area contributed by atoms with E-state index in [1.165, 1.54) is 5.57 Å². The van der Waals surface area contributed by atoms with Crippen molar-refractivity contribution >= 4 is 0 Å². The van der Waals surface area contributed by atoms with Crippen molar-refractivity contribution in [2.24, 2.45) is 46.3 Å². The van der Waals surface area contributed by atoms with Crippen LogP contribution >= 0.6 is 0 Å². The van der Waals surface area contributed by atoms with E-state index in [1.807, 2.05) is 0 Å². The quantitative estimate of drug-likeness (QED) is 0.253. The van der Waals surface area contributed by atoms with Gasteiger partial charge in [-0.25, -0.2) is 0 Å². The van der Waals surface area contributed by atoms with Crippen molar-refractivity contribution in [3.05, 3.63) is 11.6 Å². The largest absolute Gasteiger partial charge is 0.393 e. The van der Waals surface area contributed by atoms with Crippen LogP contribution in [0, 0.1) is 46.3 Å². The van der Waals surface area contributed by atoms with Gasteiger partial charge in [0.25, 0.3) is 0 Å². The average Bonchev–Trinajstić information content (AvgIpc) is 3.19. The van der Waals surface area contributed by atoms with Crippen molar-refractivity contribution in [1.82, 2.24) is 0 Å². The second kappa shape index (κ2) is 11.7. The Hall–Kier alpha value is -0.580.